The molecule has 0 aliphatic heterocycles. The molecule has 0 saturated carbocycles. The summed E-state index contributed by atoms with van der Waals surface area (Å²) < 4.78 is 0. The van der Waals surface area contributed by atoms with Gasteiger partial charge in [-0.15, -0.1) is 0 Å². The topological polar surface area (TPSA) is 12.0 Å². The first-order chi connectivity index (χ1) is 9.73. The Morgan fingerprint density at radius 3 is 1.14 bits per heavy atom. The lowest BCUT2D eigenvalue weighted by atomic mass is 9.95. The highest BCUT2D eigenvalue weighted by molar-refractivity contribution is 5.74. The molecule has 0 bridgehead atoms. The molecular formula is C20H27N. The monoisotopic (exact) mass is 281 g/mol. The van der Waals surface area contributed by atoms with E-state index in [0.29, 0.717) is 0 Å². The average Bonchev–Trinajstić information content (AvgIpc) is 2.42. The predicted octanol–water partition coefficient (Wildman–Crippen LogP) is 5.90. The van der Waals surface area contributed by atoms with E-state index in [1.54, 1.807) is 0 Å². The first kappa shape index (κ1) is 15.6. The van der Waals surface area contributed by atoms with Crippen LogP contribution < -0.4 is 5.32 Å². The maximum atomic E-state index is 3.71. The molecule has 0 amide bonds. The first-order valence-corrected chi connectivity index (χ1v) is 7.65. The van der Waals surface area contributed by atoms with Crippen LogP contribution in [0, 0.1) is 55.4 Å². The second kappa shape index (κ2) is 5.55. The number of nitrogens with one attached hydrogen (secondary N) is 1. The van der Waals surface area contributed by atoms with Crippen LogP contribution in [0.25, 0.3) is 0 Å². The van der Waals surface area contributed by atoms with Crippen molar-refractivity contribution in [3.8, 4) is 0 Å². The van der Waals surface area contributed by atoms with Gasteiger partial charge in [0.1, 0.15) is 0 Å². The van der Waals surface area contributed by atoms with E-state index < -0.39 is 0 Å². The summed E-state index contributed by atoms with van der Waals surface area (Å²) in [4.78, 5) is 0. The van der Waals surface area contributed by atoms with Crippen LogP contribution in [-0.4, -0.2) is 0 Å². The highest BCUT2D eigenvalue weighted by Crippen LogP contribution is 2.33. The molecule has 0 fully saturated rings. The predicted molar refractivity (Wildman–Crippen MR) is 94.1 cm³/mol. The Bertz CT molecular complexity index is 647. The van der Waals surface area contributed by atoms with Crippen molar-refractivity contribution in [3.05, 3.63) is 56.6 Å². The van der Waals surface area contributed by atoms with Crippen LogP contribution in [0.3, 0.4) is 0 Å². The zero-order valence-electron chi connectivity index (χ0n) is 14.7. The van der Waals surface area contributed by atoms with Crippen molar-refractivity contribution >= 4 is 11.4 Å². The third kappa shape index (κ3) is 2.70. The van der Waals surface area contributed by atoms with E-state index in [4.69, 9.17) is 0 Å². The van der Waals surface area contributed by atoms with Crippen LogP contribution in [0.1, 0.15) is 44.5 Å². The van der Waals surface area contributed by atoms with Gasteiger partial charge >= 0.3 is 0 Å². The Kier molecular flexibility index (Phi) is 4.13. The van der Waals surface area contributed by atoms with E-state index in [0.717, 1.165) is 0 Å². The Hall–Kier alpha value is -1.76. The first-order valence-electron chi connectivity index (χ1n) is 7.65. The van der Waals surface area contributed by atoms with Crippen molar-refractivity contribution in [2.75, 3.05) is 5.32 Å². The number of anilines is 2. The number of hydrogen-bond acceptors (Lipinski definition) is 1. The molecule has 21 heavy (non-hydrogen) atoms. The maximum absolute atomic E-state index is 3.71. The second-order valence-electron chi connectivity index (χ2n) is 6.40. The number of rotatable bonds is 2. The summed E-state index contributed by atoms with van der Waals surface area (Å²) in [6.45, 7) is 17.6. The van der Waals surface area contributed by atoms with E-state index in [1.165, 1.54) is 55.9 Å². The molecule has 0 heterocycles. The molecule has 1 N–H and O–H groups in total. The number of aryl methyl sites for hydroxylation is 4. The van der Waals surface area contributed by atoms with Crippen LogP contribution in [0.5, 0.6) is 0 Å². The van der Waals surface area contributed by atoms with Gasteiger partial charge in [0.15, 0.2) is 0 Å². The summed E-state index contributed by atoms with van der Waals surface area (Å²) >= 11 is 0. The standard InChI is InChI=1S/C20H27N/c1-11-9-13(3)19(17(7)15(11)5)21-20-14(4)10-12(2)16(6)18(20)8/h9-10,21H,1-8H3. The molecule has 1 heteroatoms. The third-order valence-corrected chi connectivity index (χ3v) is 4.96. The summed E-state index contributed by atoms with van der Waals surface area (Å²) in [6, 6.07) is 4.55. The third-order valence-electron chi connectivity index (χ3n) is 4.96. The lowest BCUT2D eigenvalue weighted by Gasteiger charge is -2.21. The molecule has 0 aromatic heterocycles. The van der Waals surface area contributed by atoms with Crippen molar-refractivity contribution in [2.24, 2.45) is 0 Å². The summed E-state index contributed by atoms with van der Waals surface area (Å²) in [6.07, 6.45) is 0. The molecule has 0 aliphatic rings. The normalized spacial score (nSPS) is 10.9. The average molecular weight is 281 g/mol. The van der Waals surface area contributed by atoms with Gasteiger partial charge in [0.2, 0.25) is 0 Å². The highest BCUT2D eigenvalue weighted by Gasteiger charge is 2.12. The largest absolute Gasteiger partial charge is 0.355 e. The van der Waals surface area contributed by atoms with Crippen LogP contribution in [0.4, 0.5) is 11.4 Å². The number of benzene rings is 2. The molecule has 2 aromatic carbocycles. The summed E-state index contributed by atoms with van der Waals surface area (Å²) in [5.41, 5.74) is 13.3. The summed E-state index contributed by atoms with van der Waals surface area (Å²) in [5, 5.41) is 3.71. The zero-order chi connectivity index (χ0) is 15.9. The minimum Gasteiger partial charge on any atom is -0.355 e. The molecule has 0 saturated heterocycles. The molecule has 0 unspecified atom stereocenters. The van der Waals surface area contributed by atoms with E-state index >= 15 is 0 Å². The Morgan fingerprint density at radius 1 is 0.476 bits per heavy atom. The SMILES string of the molecule is Cc1cc(C)c(Nc2c(C)cc(C)c(C)c2C)c(C)c1C. The summed E-state index contributed by atoms with van der Waals surface area (Å²) in [7, 11) is 0. The van der Waals surface area contributed by atoms with Crippen molar-refractivity contribution < 1.29 is 0 Å². The lowest BCUT2D eigenvalue weighted by Crippen LogP contribution is -2.04. The lowest BCUT2D eigenvalue weighted by molar-refractivity contribution is 1.20. The fraction of sp³-hybridized carbons (Fsp3) is 0.400. The molecule has 0 radical (unpaired) electrons. The molecule has 112 valence electrons. The fourth-order valence-electron chi connectivity index (χ4n) is 3.08. The van der Waals surface area contributed by atoms with Gasteiger partial charge in [0, 0.05) is 11.4 Å². The van der Waals surface area contributed by atoms with Crippen molar-refractivity contribution in [1.29, 1.82) is 0 Å². The van der Waals surface area contributed by atoms with Gasteiger partial charge in [-0.25, -0.2) is 0 Å². The van der Waals surface area contributed by atoms with Gasteiger partial charge in [-0.05, 0) is 99.9 Å². The van der Waals surface area contributed by atoms with Gasteiger partial charge in [0.05, 0.1) is 0 Å². The molecule has 2 rings (SSSR count). The zero-order valence-corrected chi connectivity index (χ0v) is 14.7. The van der Waals surface area contributed by atoms with Crippen LogP contribution in [0.15, 0.2) is 12.1 Å². The van der Waals surface area contributed by atoms with Gasteiger partial charge in [-0.3, -0.25) is 0 Å². The molecule has 1 nitrogen and oxygen atoms in total. The quantitative estimate of drug-likeness (QED) is 0.723. The van der Waals surface area contributed by atoms with E-state index in [2.05, 4.69) is 72.8 Å². The van der Waals surface area contributed by atoms with Gasteiger partial charge in [-0.1, -0.05) is 12.1 Å². The molecule has 0 aliphatic carbocycles. The van der Waals surface area contributed by atoms with E-state index in [1.807, 2.05) is 0 Å². The number of hydrogen-bond donors (Lipinski definition) is 1. The summed E-state index contributed by atoms with van der Waals surface area (Å²) in [5.74, 6) is 0. The minimum absolute atomic E-state index is 1.26. The second-order valence-corrected chi connectivity index (χ2v) is 6.40. The maximum Gasteiger partial charge on any atom is 0.0446 e. The minimum atomic E-state index is 1.26. The van der Waals surface area contributed by atoms with Gasteiger partial charge in [-0.2, -0.15) is 0 Å². The van der Waals surface area contributed by atoms with Crippen molar-refractivity contribution in [3.63, 3.8) is 0 Å². The van der Waals surface area contributed by atoms with Crippen LogP contribution in [-0.2, 0) is 0 Å². The van der Waals surface area contributed by atoms with E-state index in [-0.39, 0.29) is 0 Å². The Morgan fingerprint density at radius 2 is 0.810 bits per heavy atom. The Balaban J connectivity index is 2.59. The molecule has 0 atom stereocenters. The van der Waals surface area contributed by atoms with E-state index in [9.17, 15) is 0 Å². The van der Waals surface area contributed by atoms with Crippen molar-refractivity contribution in [1.82, 2.24) is 0 Å². The molecular weight excluding hydrogens is 254 g/mol. The van der Waals surface area contributed by atoms with Crippen LogP contribution in [0.2, 0.25) is 0 Å². The van der Waals surface area contributed by atoms with Crippen molar-refractivity contribution in [2.45, 2.75) is 55.4 Å². The highest BCUT2D eigenvalue weighted by atomic mass is 14.9. The van der Waals surface area contributed by atoms with Gasteiger partial charge < -0.3 is 5.32 Å². The molecule has 2 aromatic rings. The smallest absolute Gasteiger partial charge is 0.0446 e. The fourth-order valence-corrected chi connectivity index (χ4v) is 3.08. The Labute approximate surface area is 129 Å². The molecule has 0 spiro atoms. The van der Waals surface area contributed by atoms with Crippen LogP contribution >= 0.6 is 0 Å². The van der Waals surface area contributed by atoms with Gasteiger partial charge in [0.25, 0.3) is 0 Å².